The summed E-state index contributed by atoms with van der Waals surface area (Å²) < 4.78 is 7.24. The Labute approximate surface area is 167 Å². The third kappa shape index (κ3) is 3.80. The molecule has 1 fully saturated rings. The molecule has 1 saturated heterocycles. The van der Waals surface area contributed by atoms with Crippen LogP contribution in [0, 0.1) is 0 Å². The van der Waals surface area contributed by atoms with Crippen molar-refractivity contribution in [2.45, 2.75) is 38.6 Å². The molecule has 0 spiro atoms. The van der Waals surface area contributed by atoms with E-state index >= 15 is 0 Å². The van der Waals surface area contributed by atoms with Crippen molar-refractivity contribution in [3.8, 4) is 10.6 Å². The second kappa shape index (κ2) is 8.14. The van der Waals surface area contributed by atoms with E-state index in [-0.39, 0.29) is 17.5 Å². The molecule has 0 radical (unpaired) electrons. The summed E-state index contributed by atoms with van der Waals surface area (Å²) in [5, 5.41) is 6.58. The lowest BCUT2D eigenvalue weighted by molar-refractivity contribution is 0.0636. The molecular formula is C21H23N3O3S. The molecular weight excluding hydrogens is 374 g/mol. The van der Waals surface area contributed by atoms with Gasteiger partial charge in [-0.2, -0.15) is 5.10 Å². The van der Waals surface area contributed by atoms with Gasteiger partial charge in [0.15, 0.2) is 5.76 Å². The molecule has 1 amide bonds. The minimum atomic E-state index is -0.136. The Balaban J connectivity index is 1.54. The number of thiophene rings is 1. The zero-order valence-corrected chi connectivity index (χ0v) is 16.7. The normalized spacial score (nSPS) is 17.0. The number of rotatable bonds is 5. The Morgan fingerprint density at radius 2 is 2.18 bits per heavy atom. The number of piperidine rings is 1. The van der Waals surface area contributed by atoms with Crippen LogP contribution in [0.4, 0.5) is 0 Å². The summed E-state index contributed by atoms with van der Waals surface area (Å²) in [6.45, 7) is 3.20. The number of likely N-dealkylation sites (tertiary alicyclic amines) is 1. The Morgan fingerprint density at radius 3 is 2.96 bits per heavy atom. The van der Waals surface area contributed by atoms with E-state index < -0.39 is 0 Å². The quantitative estimate of drug-likeness (QED) is 0.653. The maximum atomic E-state index is 12.9. The second-order valence-electron chi connectivity index (χ2n) is 7.04. The fourth-order valence-electron chi connectivity index (χ4n) is 3.61. The van der Waals surface area contributed by atoms with Crippen LogP contribution in [-0.4, -0.2) is 33.7 Å². The number of amides is 1. The van der Waals surface area contributed by atoms with Crippen molar-refractivity contribution in [1.82, 2.24) is 14.7 Å². The Morgan fingerprint density at radius 1 is 1.29 bits per heavy atom. The number of hydrogen-bond donors (Lipinski definition) is 0. The SMILES string of the molecule is CCCc1ccc(C(=O)N2CCC[C@H](n3nc(-c4cccs4)ccc3=O)C2)o1. The van der Waals surface area contributed by atoms with Gasteiger partial charge in [0.05, 0.1) is 10.9 Å². The lowest BCUT2D eigenvalue weighted by atomic mass is 10.1. The van der Waals surface area contributed by atoms with Crippen molar-refractivity contribution in [1.29, 1.82) is 0 Å². The minimum absolute atomic E-state index is 0.116. The summed E-state index contributed by atoms with van der Waals surface area (Å²) in [5.41, 5.74) is 0.649. The molecule has 0 saturated carbocycles. The lowest BCUT2D eigenvalue weighted by Gasteiger charge is -2.32. The highest BCUT2D eigenvalue weighted by Gasteiger charge is 2.28. The number of hydrogen-bond acceptors (Lipinski definition) is 5. The number of carbonyl (C=O) groups is 1. The smallest absolute Gasteiger partial charge is 0.289 e. The van der Waals surface area contributed by atoms with Gasteiger partial charge in [0, 0.05) is 25.6 Å². The first kappa shape index (κ1) is 18.7. The highest BCUT2D eigenvalue weighted by Crippen LogP contribution is 2.25. The average Bonchev–Trinajstić information content (AvgIpc) is 3.40. The highest BCUT2D eigenvalue weighted by atomic mass is 32.1. The fraction of sp³-hybridized carbons (Fsp3) is 0.381. The van der Waals surface area contributed by atoms with Crippen LogP contribution < -0.4 is 5.56 Å². The zero-order chi connectivity index (χ0) is 19.5. The van der Waals surface area contributed by atoms with E-state index in [0.29, 0.717) is 18.8 Å². The number of aryl methyl sites for hydroxylation is 1. The average molecular weight is 398 g/mol. The Kier molecular flexibility index (Phi) is 5.43. The van der Waals surface area contributed by atoms with Crippen LogP contribution in [-0.2, 0) is 6.42 Å². The molecule has 0 N–H and O–H groups in total. The van der Waals surface area contributed by atoms with Crippen molar-refractivity contribution >= 4 is 17.2 Å². The van der Waals surface area contributed by atoms with Crippen molar-refractivity contribution in [2.24, 2.45) is 0 Å². The largest absolute Gasteiger partial charge is 0.456 e. The first-order valence-corrected chi connectivity index (χ1v) is 10.6. The molecule has 1 aliphatic rings. The fourth-order valence-corrected chi connectivity index (χ4v) is 4.30. The third-order valence-corrected chi connectivity index (χ3v) is 5.89. The number of nitrogens with zero attached hydrogens (tertiary/aromatic N) is 3. The van der Waals surface area contributed by atoms with Crippen molar-refractivity contribution in [2.75, 3.05) is 13.1 Å². The first-order chi connectivity index (χ1) is 13.7. The summed E-state index contributed by atoms with van der Waals surface area (Å²) >= 11 is 1.59. The van der Waals surface area contributed by atoms with Gasteiger partial charge in [-0.3, -0.25) is 9.59 Å². The predicted molar refractivity (Wildman–Crippen MR) is 109 cm³/mol. The van der Waals surface area contributed by atoms with Crippen molar-refractivity contribution < 1.29 is 9.21 Å². The summed E-state index contributed by atoms with van der Waals surface area (Å²) in [7, 11) is 0. The van der Waals surface area contributed by atoms with E-state index in [1.54, 1.807) is 39.1 Å². The molecule has 0 aliphatic carbocycles. The number of furan rings is 1. The molecule has 7 heteroatoms. The molecule has 6 nitrogen and oxygen atoms in total. The number of aromatic nitrogens is 2. The molecule has 1 aliphatic heterocycles. The van der Waals surface area contributed by atoms with Gasteiger partial charge in [0.25, 0.3) is 11.5 Å². The first-order valence-electron chi connectivity index (χ1n) is 9.67. The molecule has 1 atom stereocenters. The van der Waals surface area contributed by atoms with Gasteiger partial charge in [0.2, 0.25) is 0 Å². The van der Waals surface area contributed by atoms with Gasteiger partial charge < -0.3 is 9.32 Å². The molecule has 4 heterocycles. The molecule has 3 aromatic rings. The molecule has 0 bridgehead atoms. The topological polar surface area (TPSA) is 68.3 Å². The third-order valence-electron chi connectivity index (χ3n) is 5.00. The van der Waals surface area contributed by atoms with Gasteiger partial charge in [0.1, 0.15) is 11.5 Å². The van der Waals surface area contributed by atoms with E-state index in [0.717, 1.165) is 42.0 Å². The number of carbonyl (C=O) groups excluding carboxylic acids is 1. The van der Waals surface area contributed by atoms with Crippen molar-refractivity contribution in [3.63, 3.8) is 0 Å². The maximum Gasteiger partial charge on any atom is 0.289 e. The van der Waals surface area contributed by atoms with Gasteiger partial charge in [-0.05, 0) is 48.9 Å². The lowest BCUT2D eigenvalue weighted by Crippen LogP contribution is -2.43. The molecule has 4 rings (SSSR count). The maximum absolute atomic E-state index is 12.9. The zero-order valence-electron chi connectivity index (χ0n) is 15.8. The van der Waals surface area contributed by atoms with E-state index in [9.17, 15) is 9.59 Å². The van der Waals surface area contributed by atoms with Gasteiger partial charge in [-0.15, -0.1) is 11.3 Å². The van der Waals surface area contributed by atoms with Gasteiger partial charge in [-0.1, -0.05) is 13.0 Å². The van der Waals surface area contributed by atoms with Crippen LogP contribution in [0.15, 0.2) is 51.0 Å². The van der Waals surface area contributed by atoms with Gasteiger partial charge in [-0.25, -0.2) is 4.68 Å². The van der Waals surface area contributed by atoms with E-state index in [4.69, 9.17) is 4.42 Å². The second-order valence-corrected chi connectivity index (χ2v) is 7.99. The molecule has 146 valence electrons. The monoisotopic (exact) mass is 397 g/mol. The molecule has 28 heavy (non-hydrogen) atoms. The summed E-state index contributed by atoms with van der Waals surface area (Å²) in [6, 6.07) is 10.8. The summed E-state index contributed by atoms with van der Waals surface area (Å²) in [6.07, 6.45) is 3.45. The Bertz CT molecular complexity index is 1010. The van der Waals surface area contributed by atoms with E-state index in [1.807, 2.05) is 23.6 Å². The predicted octanol–water partition coefficient (Wildman–Crippen LogP) is 3.99. The van der Waals surface area contributed by atoms with E-state index in [2.05, 4.69) is 12.0 Å². The standard InChI is InChI=1S/C21H23N3O3S/c1-2-5-16-8-10-18(27-16)21(26)23-12-3-6-15(14-23)24-20(25)11-9-17(22-24)19-7-4-13-28-19/h4,7-11,13,15H,2-3,5-6,12,14H2,1H3/t15-/m0/s1. The summed E-state index contributed by atoms with van der Waals surface area (Å²) in [5.74, 6) is 1.09. The van der Waals surface area contributed by atoms with Crippen LogP contribution >= 0.6 is 11.3 Å². The van der Waals surface area contributed by atoms with Crippen molar-refractivity contribution in [3.05, 3.63) is 63.7 Å². The molecule has 3 aromatic heterocycles. The molecule has 0 unspecified atom stereocenters. The van der Waals surface area contributed by atoms with Crippen LogP contribution in [0.25, 0.3) is 10.6 Å². The Hall–Kier alpha value is -2.67. The highest BCUT2D eigenvalue weighted by molar-refractivity contribution is 7.13. The summed E-state index contributed by atoms with van der Waals surface area (Å²) in [4.78, 5) is 28.1. The van der Waals surface area contributed by atoms with Crippen LogP contribution in [0.3, 0.4) is 0 Å². The van der Waals surface area contributed by atoms with E-state index in [1.165, 1.54) is 0 Å². The van der Waals surface area contributed by atoms with Crippen LogP contribution in [0.1, 0.15) is 48.5 Å². The van der Waals surface area contributed by atoms with Gasteiger partial charge >= 0.3 is 0 Å². The van der Waals surface area contributed by atoms with Crippen LogP contribution in [0.5, 0.6) is 0 Å². The minimum Gasteiger partial charge on any atom is -0.456 e. The van der Waals surface area contributed by atoms with Crippen LogP contribution in [0.2, 0.25) is 0 Å². The molecule has 0 aromatic carbocycles.